The zero-order valence-corrected chi connectivity index (χ0v) is 11.6. The van der Waals surface area contributed by atoms with Gasteiger partial charge >= 0.3 is 0 Å². The molecule has 3 N–H and O–H groups in total. The molecule has 1 heterocycles. The van der Waals surface area contributed by atoms with Gasteiger partial charge in [-0.3, -0.25) is 4.79 Å². The summed E-state index contributed by atoms with van der Waals surface area (Å²) in [5, 5.41) is 3.11. The SMILES string of the molecule is CC(C)CCCCNC(=O)c1cc(Cl)ncc1N. The highest BCUT2D eigenvalue weighted by Gasteiger charge is 2.10. The van der Waals surface area contributed by atoms with Crippen LogP contribution in [0.5, 0.6) is 0 Å². The minimum absolute atomic E-state index is 0.193. The van der Waals surface area contributed by atoms with Crippen molar-refractivity contribution in [3.63, 3.8) is 0 Å². The van der Waals surface area contributed by atoms with Gasteiger partial charge in [-0.2, -0.15) is 0 Å². The minimum Gasteiger partial charge on any atom is -0.397 e. The number of pyridine rings is 1. The van der Waals surface area contributed by atoms with Gasteiger partial charge in [0.1, 0.15) is 5.15 Å². The molecule has 1 aromatic heterocycles. The number of hydrogen-bond acceptors (Lipinski definition) is 3. The van der Waals surface area contributed by atoms with E-state index in [1.807, 2.05) is 0 Å². The van der Waals surface area contributed by atoms with Crippen molar-refractivity contribution in [2.45, 2.75) is 33.1 Å². The number of nitrogens with zero attached hydrogens (tertiary/aromatic N) is 1. The number of nitrogen functional groups attached to an aromatic ring is 1. The van der Waals surface area contributed by atoms with E-state index in [9.17, 15) is 4.79 Å². The molecule has 18 heavy (non-hydrogen) atoms. The standard InChI is InChI=1S/C13H20ClN3O/c1-9(2)5-3-4-6-16-13(18)10-7-12(14)17-8-11(10)15/h7-9H,3-6,15H2,1-2H3,(H,16,18). The highest BCUT2D eigenvalue weighted by atomic mass is 35.5. The van der Waals surface area contributed by atoms with Gasteiger partial charge in [-0.05, 0) is 18.4 Å². The maximum absolute atomic E-state index is 11.8. The first-order valence-electron chi connectivity index (χ1n) is 6.20. The Morgan fingerprint density at radius 2 is 2.22 bits per heavy atom. The number of carbonyl (C=O) groups excluding carboxylic acids is 1. The average Bonchev–Trinajstić information content (AvgIpc) is 2.31. The van der Waals surface area contributed by atoms with Gasteiger partial charge in [-0.1, -0.05) is 38.3 Å². The molecule has 1 rings (SSSR count). The van der Waals surface area contributed by atoms with Crippen LogP contribution < -0.4 is 11.1 Å². The lowest BCUT2D eigenvalue weighted by Gasteiger charge is -2.08. The number of nitrogens with two attached hydrogens (primary N) is 1. The first-order valence-corrected chi connectivity index (χ1v) is 6.57. The third-order valence-electron chi connectivity index (χ3n) is 2.64. The zero-order valence-electron chi connectivity index (χ0n) is 10.9. The second kappa shape index (κ2) is 7.21. The van der Waals surface area contributed by atoms with E-state index in [1.165, 1.54) is 18.7 Å². The predicted molar refractivity (Wildman–Crippen MR) is 74.7 cm³/mol. The Morgan fingerprint density at radius 1 is 1.50 bits per heavy atom. The van der Waals surface area contributed by atoms with Crippen molar-refractivity contribution in [1.82, 2.24) is 10.3 Å². The summed E-state index contributed by atoms with van der Waals surface area (Å²) < 4.78 is 0. The fraction of sp³-hybridized carbons (Fsp3) is 0.538. The van der Waals surface area contributed by atoms with E-state index in [-0.39, 0.29) is 11.1 Å². The molecular formula is C13H20ClN3O. The molecule has 5 heteroatoms. The summed E-state index contributed by atoms with van der Waals surface area (Å²) in [6.45, 7) is 5.04. The van der Waals surface area contributed by atoms with Crippen LogP contribution in [0.25, 0.3) is 0 Å². The lowest BCUT2D eigenvalue weighted by Crippen LogP contribution is -2.25. The Labute approximate surface area is 113 Å². The lowest BCUT2D eigenvalue weighted by atomic mass is 10.1. The van der Waals surface area contributed by atoms with Crippen molar-refractivity contribution in [1.29, 1.82) is 0 Å². The highest BCUT2D eigenvalue weighted by Crippen LogP contribution is 2.14. The molecule has 100 valence electrons. The summed E-state index contributed by atoms with van der Waals surface area (Å²) in [6, 6.07) is 1.49. The van der Waals surface area contributed by atoms with Gasteiger partial charge in [-0.25, -0.2) is 4.98 Å². The Balaban J connectivity index is 2.39. The van der Waals surface area contributed by atoms with Gasteiger partial charge in [-0.15, -0.1) is 0 Å². The summed E-state index contributed by atoms with van der Waals surface area (Å²) >= 11 is 5.73. The van der Waals surface area contributed by atoms with Crippen molar-refractivity contribution < 1.29 is 4.79 Å². The second-order valence-electron chi connectivity index (χ2n) is 4.74. The largest absolute Gasteiger partial charge is 0.397 e. The van der Waals surface area contributed by atoms with E-state index in [0.29, 0.717) is 23.7 Å². The first-order chi connectivity index (χ1) is 8.50. The molecule has 0 saturated carbocycles. The van der Waals surface area contributed by atoms with Crippen LogP contribution in [-0.2, 0) is 0 Å². The second-order valence-corrected chi connectivity index (χ2v) is 5.13. The Kier molecular flexibility index (Phi) is 5.92. The van der Waals surface area contributed by atoms with Gasteiger partial charge < -0.3 is 11.1 Å². The van der Waals surface area contributed by atoms with Crippen molar-refractivity contribution >= 4 is 23.2 Å². The molecule has 0 bridgehead atoms. The Morgan fingerprint density at radius 3 is 2.89 bits per heavy atom. The van der Waals surface area contributed by atoms with Gasteiger partial charge in [0, 0.05) is 6.54 Å². The number of hydrogen-bond donors (Lipinski definition) is 2. The van der Waals surface area contributed by atoms with Crippen LogP contribution >= 0.6 is 11.6 Å². The topological polar surface area (TPSA) is 68.0 Å². The molecule has 4 nitrogen and oxygen atoms in total. The van der Waals surface area contributed by atoms with Crippen LogP contribution in [0.3, 0.4) is 0 Å². The molecule has 0 aliphatic rings. The number of nitrogens with one attached hydrogen (secondary N) is 1. The summed E-state index contributed by atoms with van der Waals surface area (Å²) in [6.07, 6.45) is 4.67. The van der Waals surface area contributed by atoms with Crippen molar-refractivity contribution in [2.75, 3.05) is 12.3 Å². The fourth-order valence-electron chi connectivity index (χ4n) is 1.61. The van der Waals surface area contributed by atoms with Gasteiger partial charge in [0.25, 0.3) is 5.91 Å². The van der Waals surface area contributed by atoms with Gasteiger partial charge in [0.15, 0.2) is 0 Å². The predicted octanol–water partition coefficient (Wildman–Crippen LogP) is 2.87. The molecule has 0 aliphatic heterocycles. The van der Waals surface area contributed by atoms with Crippen molar-refractivity contribution in [3.05, 3.63) is 23.0 Å². The van der Waals surface area contributed by atoms with Crippen molar-refractivity contribution in [2.24, 2.45) is 5.92 Å². The molecule has 0 aromatic carbocycles. The molecule has 0 saturated heterocycles. The number of amides is 1. The van der Waals surface area contributed by atoms with Gasteiger partial charge in [0.2, 0.25) is 0 Å². The average molecular weight is 270 g/mol. The number of aromatic nitrogens is 1. The quantitative estimate of drug-likeness (QED) is 0.616. The van der Waals surface area contributed by atoms with Crippen LogP contribution in [0.4, 0.5) is 5.69 Å². The van der Waals surface area contributed by atoms with E-state index >= 15 is 0 Å². The molecule has 1 aromatic rings. The monoisotopic (exact) mass is 269 g/mol. The number of carbonyl (C=O) groups is 1. The molecule has 0 radical (unpaired) electrons. The Bertz CT molecular complexity index is 407. The molecule has 1 amide bonds. The van der Waals surface area contributed by atoms with E-state index in [1.54, 1.807) is 0 Å². The lowest BCUT2D eigenvalue weighted by molar-refractivity contribution is 0.0953. The minimum atomic E-state index is -0.193. The van der Waals surface area contributed by atoms with Crippen LogP contribution in [0.15, 0.2) is 12.3 Å². The van der Waals surface area contributed by atoms with Gasteiger partial charge in [0.05, 0.1) is 17.4 Å². The molecule has 0 unspecified atom stereocenters. The zero-order chi connectivity index (χ0) is 13.5. The summed E-state index contributed by atoms with van der Waals surface area (Å²) in [4.78, 5) is 15.6. The number of halogens is 1. The summed E-state index contributed by atoms with van der Waals surface area (Å²) in [5.41, 5.74) is 6.41. The maximum Gasteiger partial charge on any atom is 0.253 e. The molecular weight excluding hydrogens is 250 g/mol. The fourth-order valence-corrected chi connectivity index (χ4v) is 1.77. The first kappa shape index (κ1) is 14.8. The molecule has 0 spiro atoms. The maximum atomic E-state index is 11.8. The van der Waals surface area contributed by atoms with E-state index in [2.05, 4.69) is 24.1 Å². The van der Waals surface area contributed by atoms with Crippen LogP contribution in [0.1, 0.15) is 43.5 Å². The van der Waals surface area contributed by atoms with Crippen LogP contribution in [0, 0.1) is 5.92 Å². The summed E-state index contributed by atoms with van der Waals surface area (Å²) in [7, 11) is 0. The Hall–Kier alpha value is -1.29. The van der Waals surface area contributed by atoms with Crippen LogP contribution in [0.2, 0.25) is 5.15 Å². The number of rotatable bonds is 6. The van der Waals surface area contributed by atoms with Crippen molar-refractivity contribution in [3.8, 4) is 0 Å². The molecule has 0 atom stereocenters. The summed E-state index contributed by atoms with van der Waals surface area (Å²) in [5.74, 6) is 0.511. The highest BCUT2D eigenvalue weighted by molar-refractivity contribution is 6.29. The smallest absolute Gasteiger partial charge is 0.253 e. The third kappa shape index (κ3) is 4.92. The van der Waals surface area contributed by atoms with E-state index in [4.69, 9.17) is 17.3 Å². The number of anilines is 1. The third-order valence-corrected chi connectivity index (χ3v) is 2.85. The molecule has 0 aliphatic carbocycles. The van der Waals surface area contributed by atoms with E-state index < -0.39 is 0 Å². The number of unbranched alkanes of at least 4 members (excludes halogenated alkanes) is 1. The molecule has 0 fully saturated rings. The van der Waals surface area contributed by atoms with E-state index in [0.717, 1.165) is 12.8 Å². The normalized spacial score (nSPS) is 10.7. The van der Waals surface area contributed by atoms with Crippen LogP contribution in [-0.4, -0.2) is 17.4 Å².